The highest BCUT2D eigenvalue weighted by Crippen LogP contribution is 2.30. The van der Waals surface area contributed by atoms with Crippen molar-refractivity contribution in [2.24, 2.45) is 5.92 Å². The Morgan fingerprint density at radius 3 is 2.88 bits per heavy atom. The second-order valence-electron chi connectivity index (χ2n) is 4.39. The summed E-state index contributed by atoms with van der Waals surface area (Å²) >= 11 is 0. The van der Waals surface area contributed by atoms with Crippen molar-refractivity contribution in [3.63, 3.8) is 0 Å². The van der Waals surface area contributed by atoms with Crippen molar-refractivity contribution in [3.8, 4) is 0 Å². The van der Waals surface area contributed by atoms with Gasteiger partial charge in [0.1, 0.15) is 5.82 Å². The monoisotopic (exact) mass is 223 g/mol. The molecule has 1 aliphatic heterocycles. The average Bonchev–Trinajstić information content (AvgIpc) is 2.75. The summed E-state index contributed by atoms with van der Waals surface area (Å²) in [6.45, 7) is 3.59. The molecule has 0 amide bonds. The Bertz CT molecular complexity index is 361. The number of benzene rings is 1. The molecule has 1 aromatic rings. The molecule has 2 nitrogen and oxygen atoms in total. The zero-order chi connectivity index (χ0) is 11.5. The van der Waals surface area contributed by atoms with E-state index in [2.05, 4.69) is 5.32 Å². The van der Waals surface area contributed by atoms with Crippen molar-refractivity contribution in [1.82, 2.24) is 5.32 Å². The predicted octanol–water partition coefficient (Wildman–Crippen LogP) is 2.43. The molecule has 16 heavy (non-hydrogen) atoms. The van der Waals surface area contributed by atoms with Crippen LogP contribution in [0.5, 0.6) is 0 Å². The van der Waals surface area contributed by atoms with Crippen LogP contribution in [0.25, 0.3) is 0 Å². The van der Waals surface area contributed by atoms with Crippen molar-refractivity contribution in [3.05, 3.63) is 35.1 Å². The first-order valence-electron chi connectivity index (χ1n) is 5.73. The predicted molar refractivity (Wildman–Crippen MR) is 61.9 cm³/mol. The van der Waals surface area contributed by atoms with E-state index in [-0.39, 0.29) is 11.9 Å². The maximum atomic E-state index is 13.0. The minimum Gasteiger partial charge on any atom is -0.381 e. The molecule has 1 aliphatic rings. The average molecular weight is 223 g/mol. The van der Waals surface area contributed by atoms with E-state index < -0.39 is 0 Å². The van der Waals surface area contributed by atoms with Gasteiger partial charge in [0.05, 0.1) is 6.61 Å². The van der Waals surface area contributed by atoms with E-state index >= 15 is 0 Å². The Hall–Kier alpha value is -0.930. The van der Waals surface area contributed by atoms with Gasteiger partial charge in [0.15, 0.2) is 0 Å². The second kappa shape index (κ2) is 4.93. The summed E-state index contributed by atoms with van der Waals surface area (Å²) in [5, 5.41) is 3.32. The van der Waals surface area contributed by atoms with Crippen LogP contribution in [0.1, 0.15) is 23.6 Å². The largest absolute Gasteiger partial charge is 0.381 e. The first-order valence-corrected chi connectivity index (χ1v) is 5.73. The zero-order valence-electron chi connectivity index (χ0n) is 9.79. The molecular weight excluding hydrogens is 205 g/mol. The summed E-state index contributed by atoms with van der Waals surface area (Å²) < 4.78 is 18.5. The molecule has 0 radical (unpaired) electrons. The molecule has 0 saturated carbocycles. The van der Waals surface area contributed by atoms with Gasteiger partial charge in [0.2, 0.25) is 0 Å². The number of ether oxygens (including phenoxy) is 1. The number of aryl methyl sites for hydroxylation is 1. The quantitative estimate of drug-likeness (QED) is 0.849. The van der Waals surface area contributed by atoms with Crippen LogP contribution in [-0.4, -0.2) is 20.3 Å². The van der Waals surface area contributed by atoms with Gasteiger partial charge in [0.25, 0.3) is 0 Å². The van der Waals surface area contributed by atoms with Crippen LogP contribution in [0.3, 0.4) is 0 Å². The highest BCUT2D eigenvalue weighted by atomic mass is 19.1. The van der Waals surface area contributed by atoms with Crippen LogP contribution >= 0.6 is 0 Å². The van der Waals surface area contributed by atoms with E-state index in [1.54, 1.807) is 6.07 Å². The van der Waals surface area contributed by atoms with Crippen LogP contribution in [0.4, 0.5) is 4.39 Å². The van der Waals surface area contributed by atoms with Gasteiger partial charge in [-0.05, 0) is 43.7 Å². The molecule has 2 unspecified atom stereocenters. The van der Waals surface area contributed by atoms with Crippen LogP contribution in [0.2, 0.25) is 0 Å². The summed E-state index contributed by atoms with van der Waals surface area (Å²) in [4.78, 5) is 0. The van der Waals surface area contributed by atoms with E-state index in [1.165, 1.54) is 11.6 Å². The summed E-state index contributed by atoms with van der Waals surface area (Å²) in [6, 6.07) is 5.27. The molecule has 0 aromatic heterocycles. The van der Waals surface area contributed by atoms with E-state index in [9.17, 15) is 4.39 Å². The third-order valence-corrected chi connectivity index (χ3v) is 3.31. The smallest absolute Gasteiger partial charge is 0.123 e. The molecule has 1 fully saturated rings. The lowest BCUT2D eigenvalue weighted by molar-refractivity contribution is 0.177. The maximum Gasteiger partial charge on any atom is 0.123 e. The van der Waals surface area contributed by atoms with Crippen molar-refractivity contribution in [1.29, 1.82) is 0 Å². The third kappa shape index (κ3) is 2.25. The molecule has 2 rings (SSSR count). The Kier molecular flexibility index (Phi) is 3.56. The zero-order valence-corrected chi connectivity index (χ0v) is 9.79. The molecule has 3 heteroatoms. The third-order valence-electron chi connectivity index (χ3n) is 3.31. The van der Waals surface area contributed by atoms with Crippen molar-refractivity contribution in [2.45, 2.75) is 19.4 Å². The number of nitrogens with one attached hydrogen (secondary N) is 1. The van der Waals surface area contributed by atoms with E-state index in [1.807, 2.05) is 20.0 Å². The van der Waals surface area contributed by atoms with E-state index in [0.717, 1.165) is 25.2 Å². The number of halogens is 1. The van der Waals surface area contributed by atoms with Gasteiger partial charge in [-0.3, -0.25) is 0 Å². The molecular formula is C13H18FNO. The summed E-state index contributed by atoms with van der Waals surface area (Å²) in [5.74, 6) is 0.327. The van der Waals surface area contributed by atoms with E-state index in [0.29, 0.717) is 5.92 Å². The van der Waals surface area contributed by atoms with Crippen molar-refractivity contribution in [2.75, 3.05) is 20.3 Å². The van der Waals surface area contributed by atoms with Gasteiger partial charge in [-0.1, -0.05) is 6.07 Å². The molecule has 88 valence electrons. The standard InChI is InChI=1S/C13H18FNO/c1-9-7-11(14)3-4-12(9)13(15-2)10-5-6-16-8-10/h3-4,7,10,13,15H,5-6,8H2,1-2H3. The van der Waals surface area contributed by atoms with E-state index in [4.69, 9.17) is 4.74 Å². The summed E-state index contributed by atoms with van der Waals surface area (Å²) in [5.41, 5.74) is 2.19. The first-order chi connectivity index (χ1) is 7.72. The van der Waals surface area contributed by atoms with Crippen molar-refractivity contribution >= 4 is 0 Å². The number of hydrogen-bond donors (Lipinski definition) is 1. The Morgan fingerprint density at radius 2 is 2.31 bits per heavy atom. The minimum absolute atomic E-state index is 0.168. The number of hydrogen-bond acceptors (Lipinski definition) is 2. The minimum atomic E-state index is -0.168. The SMILES string of the molecule is CNC(c1ccc(F)cc1C)C1CCOC1. The molecule has 0 aliphatic carbocycles. The van der Waals surface area contributed by atoms with Gasteiger partial charge in [-0.15, -0.1) is 0 Å². The van der Waals surface area contributed by atoms with Gasteiger partial charge in [-0.25, -0.2) is 4.39 Å². The molecule has 1 N–H and O–H groups in total. The van der Waals surface area contributed by atoms with Gasteiger partial charge >= 0.3 is 0 Å². The Balaban J connectivity index is 2.25. The fraction of sp³-hybridized carbons (Fsp3) is 0.538. The molecule has 1 aromatic carbocycles. The highest BCUT2D eigenvalue weighted by molar-refractivity contribution is 5.30. The first kappa shape index (κ1) is 11.6. The Morgan fingerprint density at radius 1 is 1.50 bits per heavy atom. The van der Waals surface area contributed by atoms with Crippen LogP contribution in [0.15, 0.2) is 18.2 Å². The van der Waals surface area contributed by atoms with Gasteiger partial charge in [0, 0.05) is 18.6 Å². The molecule has 1 heterocycles. The highest BCUT2D eigenvalue weighted by Gasteiger charge is 2.26. The maximum absolute atomic E-state index is 13.0. The topological polar surface area (TPSA) is 21.3 Å². The Labute approximate surface area is 95.8 Å². The molecule has 1 saturated heterocycles. The lowest BCUT2D eigenvalue weighted by Gasteiger charge is -2.24. The van der Waals surface area contributed by atoms with Gasteiger partial charge < -0.3 is 10.1 Å². The lowest BCUT2D eigenvalue weighted by atomic mass is 9.90. The van der Waals surface area contributed by atoms with Crippen LogP contribution in [0, 0.1) is 18.7 Å². The molecule has 2 atom stereocenters. The summed E-state index contributed by atoms with van der Waals surface area (Å²) in [7, 11) is 1.95. The fourth-order valence-electron chi connectivity index (χ4n) is 2.45. The molecule has 0 bridgehead atoms. The molecule has 0 spiro atoms. The van der Waals surface area contributed by atoms with Crippen molar-refractivity contribution < 1.29 is 9.13 Å². The number of rotatable bonds is 3. The second-order valence-corrected chi connectivity index (χ2v) is 4.39. The lowest BCUT2D eigenvalue weighted by Crippen LogP contribution is -2.26. The summed E-state index contributed by atoms with van der Waals surface area (Å²) in [6.07, 6.45) is 1.07. The van der Waals surface area contributed by atoms with Crippen LogP contribution in [-0.2, 0) is 4.74 Å². The van der Waals surface area contributed by atoms with Gasteiger partial charge in [-0.2, -0.15) is 0 Å². The van der Waals surface area contributed by atoms with Crippen LogP contribution < -0.4 is 5.32 Å². The fourth-order valence-corrected chi connectivity index (χ4v) is 2.45. The normalized spacial score (nSPS) is 22.3.